The Kier molecular flexibility index (Phi) is 3.55. The Morgan fingerprint density at radius 2 is 2.23 bits per heavy atom. The number of fused-ring (bicyclic) bond motifs is 1. The Morgan fingerprint density at radius 1 is 1.45 bits per heavy atom. The Morgan fingerprint density at radius 3 is 2.82 bits per heavy atom. The number of aliphatic hydroxyl groups is 1. The van der Waals surface area contributed by atoms with Gasteiger partial charge in [-0.05, 0) is 18.6 Å². The van der Waals surface area contributed by atoms with E-state index in [2.05, 4.69) is 16.0 Å². The van der Waals surface area contributed by atoms with Crippen LogP contribution in [0.2, 0.25) is 0 Å². The highest BCUT2D eigenvalue weighted by molar-refractivity contribution is 6.04. The number of carbonyl (C=O) groups excluding carboxylic acids is 1. The van der Waals surface area contributed by atoms with Gasteiger partial charge in [0.1, 0.15) is 11.6 Å². The number of aliphatic hydroxyl groups excluding tert-OH is 1. The van der Waals surface area contributed by atoms with Crippen LogP contribution in [0.1, 0.15) is 16.8 Å². The lowest BCUT2D eigenvalue weighted by atomic mass is 10.1. The molecule has 1 saturated heterocycles. The lowest BCUT2D eigenvalue weighted by Crippen LogP contribution is -2.27. The maximum absolute atomic E-state index is 13.6. The van der Waals surface area contributed by atoms with Crippen LogP contribution in [0, 0.1) is 11.2 Å². The van der Waals surface area contributed by atoms with Crippen molar-refractivity contribution in [2.24, 2.45) is 5.73 Å². The van der Waals surface area contributed by atoms with Gasteiger partial charge < -0.3 is 32.2 Å². The van der Waals surface area contributed by atoms with E-state index in [4.69, 9.17) is 11.1 Å². The fraction of sp³-hybridized carbons (Fsp3) is 0.286. The predicted octanol–water partition coefficient (Wildman–Crippen LogP) is 0.346. The van der Waals surface area contributed by atoms with Crippen molar-refractivity contribution in [3.8, 4) is 0 Å². The van der Waals surface area contributed by atoms with E-state index < -0.39 is 17.8 Å². The monoisotopic (exact) mass is 305 g/mol. The second-order valence-corrected chi connectivity index (χ2v) is 5.32. The van der Waals surface area contributed by atoms with Gasteiger partial charge in [-0.15, -0.1) is 0 Å². The van der Waals surface area contributed by atoms with Crippen molar-refractivity contribution in [1.29, 1.82) is 5.41 Å². The fourth-order valence-electron chi connectivity index (χ4n) is 2.77. The molecule has 116 valence electrons. The standard InChI is InChI=1S/C14H16FN5O2/c15-6-1-8(13(17)22)12-11(2-6)19-14(20-12)9(4-16)10-3-7(21)5-18-10/h1-2,4,7,10,16,18-21H,3,5H2,(H2,17,22)/b14-9+,16-4?. The SMILES string of the molecule is N=C/C(=C1/Nc2cc(F)cc(C(N)=O)c2N1)C1CC(O)CN1. The van der Waals surface area contributed by atoms with Crippen LogP contribution in [-0.2, 0) is 0 Å². The number of nitrogens with one attached hydrogen (secondary N) is 4. The number of halogens is 1. The number of amides is 1. The third kappa shape index (κ3) is 2.42. The number of nitrogens with two attached hydrogens (primary N) is 1. The topological polar surface area (TPSA) is 123 Å². The molecule has 2 aliphatic rings. The Labute approximate surface area is 125 Å². The summed E-state index contributed by atoms with van der Waals surface area (Å²) in [5.74, 6) is -0.837. The van der Waals surface area contributed by atoms with Crippen LogP contribution in [-0.4, -0.2) is 35.9 Å². The number of hydrogen-bond acceptors (Lipinski definition) is 6. The molecule has 7 nitrogen and oxygen atoms in total. The summed E-state index contributed by atoms with van der Waals surface area (Å²) < 4.78 is 13.6. The molecular formula is C14H16FN5O2. The molecule has 1 aromatic rings. The van der Waals surface area contributed by atoms with Gasteiger partial charge in [0.25, 0.3) is 5.91 Å². The van der Waals surface area contributed by atoms with Gasteiger partial charge in [0.05, 0.1) is 23.0 Å². The Balaban J connectivity index is 1.99. The predicted molar refractivity (Wildman–Crippen MR) is 80.4 cm³/mol. The summed E-state index contributed by atoms with van der Waals surface area (Å²) in [5, 5.41) is 26.2. The second kappa shape index (κ2) is 5.39. The number of β-amino-alcohol motifs (C(OH)–C–C–N with tert-alkyl or cyclic N) is 1. The number of benzene rings is 1. The summed E-state index contributed by atoms with van der Waals surface area (Å²) in [7, 11) is 0. The largest absolute Gasteiger partial charge is 0.392 e. The molecular weight excluding hydrogens is 289 g/mol. The summed E-state index contributed by atoms with van der Waals surface area (Å²) in [6.07, 6.45) is 1.17. The maximum atomic E-state index is 13.6. The van der Waals surface area contributed by atoms with Crippen LogP contribution in [0.4, 0.5) is 15.8 Å². The molecule has 0 bridgehead atoms. The molecule has 0 aliphatic carbocycles. The summed E-state index contributed by atoms with van der Waals surface area (Å²) in [6, 6.07) is 2.12. The molecule has 2 aliphatic heterocycles. The molecule has 2 unspecified atom stereocenters. The fourth-order valence-corrected chi connectivity index (χ4v) is 2.77. The van der Waals surface area contributed by atoms with E-state index >= 15 is 0 Å². The van der Waals surface area contributed by atoms with E-state index in [1.54, 1.807) is 0 Å². The molecule has 2 atom stereocenters. The molecule has 0 spiro atoms. The number of carbonyl (C=O) groups is 1. The van der Waals surface area contributed by atoms with Crippen LogP contribution in [0.15, 0.2) is 23.5 Å². The van der Waals surface area contributed by atoms with Crippen molar-refractivity contribution < 1.29 is 14.3 Å². The molecule has 1 aromatic carbocycles. The minimum Gasteiger partial charge on any atom is -0.392 e. The lowest BCUT2D eigenvalue weighted by Gasteiger charge is -2.14. The van der Waals surface area contributed by atoms with Gasteiger partial charge in [0, 0.05) is 24.4 Å². The van der Waals surface area contributed by atoms with Crippen LogP contribution in [0.25, 0.3) is 0 Å². The zero-order chi connectivity index (χ0) is 15.9. The van der Waals surface area contributed by atoms with Gasteiger partial charge in [-0.1, -0.05) is 0 Å². The summed E-state index contributed by atoms with van der Waals surface area (Å²) in [5.41, 5.74) is 6.68. The Bertz CT molecular complexity index is 688. The highest BCUT2D eigenvalue weighted by atomic mass is 19.1. The summed E-state index contributed by atoms with van der Waals surface area (Å²) >= 11 is 0. The van der Waals surface area contributed by atoms with Gasteiger partial charge in [-0.3, -0.25) is 4.79 Å². The first kappa shape index (κ1) is 14.5. The molecule has 22 heavy (non-hydrogen) atoms. The van der Waals surface area contributed by atoms with Crippen molar-refractivity contribution in [3.63, 3.8) is 0 Å². The molecule has 3 rings (SSSR count). The van der Waals surface area contributed by atoms with E-state index in [0.717, 1.165) is 12.3 Å². The average Bonchev–Trinajstić information content (AvgIpc) is 3.05. The van der Waals surface area contributed by atoms with Crippen molar-refractivity contribution in [2.75, 3.05) is 17.2 Å². The average molecular weight is 305 g/mol. The van der Waals surface area contributed by atoms with E-state index in [-0.39, 0.29) is 11.6 Å². The first-order valence-electron chi connectivity index (χ1n) is 6.83. The van der Waals surface area contributed by atoms with E-state index in [1.165, 1.54) is 6.07 Å². The number of rotatable bonds is 3. The van der Waals surface area contributed by atoms with E-state index in [9.17, 15) is 14.3 Å². The molecule has 8 heteroatoms. The molecule has 0 saturated carbocycles. The first-order chi connectivity index (χ1) is 10.5. The van der Waals surface area contributed by atoms with Crippen LogP contribution in [0.3, 0.4) is 0 Å². The number of primary amides is 1. The molecule has 0 radical (unpaired) electrons. The van der Waals surface area contributed by atoms with Crippen LogP contribution in [0.5, 0.6) is 0 Å². The van der Waals surface area contributed by atoms with Crippen molar-refractivity contribution in [1.82, 2.24) is 5.32 Å². The highest BCUT2D eigenvalue weighted by Crippen LogP contribution is 2.36. The molecule has 1 amide bonds. The van der Waals surface area contributed by atoms with Gasteiger partial charge in [-0.25, -0.2) is 4.39 Å². The van der Waals surface area contributed by atoms with Crippen LogP contribution < -0.4 is 21.7 Å². The molecule has 2 heterocycles. The minimum absolute atomic E-state index is 0.0428. The van der Waals surface area contributed by atoms with Crippen molar-refractivity contribution in [3.05, 3.63) is 34.9 Å². The minimum atomic E-state index is -0.739. The Hall–Kier alpha value is -2.45. The first-order valence-corrected chi connectivity index (χ1v) is 6.83. The highest BCUT2D eigenvalue weighted by Gasteiger charge is 2.30. The molecule has 7 N–H and O–H groups in total. The van der Waals surface area contributed by atoms with E-state index in [0.29, 0.717) is 35.7 Å². The zero-order valence-electron chi connectivity index (χ0n) is 11.6. The normalized spacial score (nSPS) is 25.2. The van der Waals surface area contributed by atoms with Gasteiger partial charge in [-0.2, -0.15) is 0 Å². The van der Waals surface area contributed by atoms with Gasteiger partial charge in [0.2, 0.25) is 0 Å². The van der Waals surface area contributed by atoms with Crippen LogP contribution >= 0.6 is 0 Å². The van der Waals surface area contributed by atoms with Crippen molar-refractivity contribution in [2.45, 2.75) is 18.6 Å². The summed E-state index contributed by atoms with van der Waals surface area (Å²) in [4.78, 5) is 11.4. The second-order valence-electron chi connectivity index (χ2n) is 5.32. The third-order valence-electron chi connectivity index (χ3n) is 3.81. The molecule has 1 fully saturated rings. The van der Waals surface area contributed by atoms with E-state index in [1.807, 2.05) is 0 Å². The van der Waals surface area contributed by atoms with Gasteiger partial charge >= 0.3 is 0 Å². The lowest BCUT2D eigenvalue weighted by molar-refractivity contribution is 0.100. The summed E-state index contributed by atoms with van der Waals surface area (Å²) in [6.45, 7) is 0.448. The third-order valence-corrected chi connectivity index (χ3v) is 3.81. The smallest absolute Gasteiger partial charge is 0.250 e. The van der Waals surface area contributed by atoms with Gasteiger partial charge in [0.15, 0.2) is 0 Å². The quantitative estimate of drug-likeness (QED) is 0.450. The number of hydrogen-bond donors (Lipinski definition) is 6. The number of anilines is 2. The molecule has 0 aromatic heterocycles. The van der Waals surface area contributed by atoms with Crippen molar-refractivity contribution >= 4 is 23.5 Å². The zero-order valence-corrected chi connectivity index (χ0v) is 11.6. The maximum Gasteiger partial charge on any atom is 0.250 e.